The minimum Gasteiger partial charge on any atom is -0.333 e. The smallest absolute Gasteiger partial charge is 0.315 e. The van der Waals surface area contributed by atoms with Gasteiger partial charge in [0.1, 0.15) is 0 Å². The van der Waals surface area contributed by atoms with E-state index in [4.69, 9.17) is 0 Å². The van der Waals surface area contributed by atoms with Crippen molar-refractivity contribution in [3.63, 3.8) is 0 Å². The first-order valence-corrected chi connectivity index (χ1v) is 5.68. The number of carbonyl (C=O) groups excluding carboxylic acids is 1. The lowest BCUT2D eigenvalue weighted by molar-refractivity contribution is 0.237. The fourth-order valence-corrected chi connectivity index (χ4v) is 1.54. The quantitative estimate of drug-likeness (QED) is 0.760. The Morgan fingerprint density at radius 2 is 2.11 bits per heavy atom. The third-order valence-corrected chi connectivity index (χ3v) is 2.55. The van der Waals surface area contributed by atoms with Crippen LogP contribution < -0.4 is 10.6 Å². The first-order chi connectivity index (χ1) is 8.75. The van der Waals surface area contributed by atoms with Crippen molar-refractivity contribution in [1.82, 2.24) is 25.8 Å². The molecule has 2 heterocycles. The van der Waals surface area contributed by atoms with Crippen LogP contribution in [0.4, 0.5) is 4.79 Å². The third kappa shape index (κ3) is 3.31. The maximum absolute atomic E-state index is 11.6. The molecule has 18 heavy (non-hydrogen) atoms. The van der Waals surface area contributed by atoms with E-state index in [2.05, 4.69) is 25.8 Å². The number of urea groups is 1. The molecule has 0 fully saturated rings. The monoisotopic (exact) mass is 245 g/mol. The van der Waals surface area contributed by atoms with Crippen molar-refractivity contribution in [2.24, 2.45) is 0 Å². The summed E-state index contributed by atoms with van der Waals surface area (Å²) in [5, 5.41) is 12.2. The highest BCUT2D eigenvalue weighted by atomic mass is 16.2. The molecular weight excluding hydrogens is 230 g/mol. The van der Waals surface area contributed by atoms with Crippen LogP contribution in [0.2, 0.25) is 0 Å². The van der Waals surface area contributed by atoms with E-state index < -0.39 is 0 Å². The summed E-state index contributed by atoms with van der Waals surface area (Å²) in [4.78, 5) is 15.6. The lowest BCUT2D eigenvalue weighted by Gasteiger charge is -2.14. The Morgan fingerprint density at radius 3 is 2.78 bits per heavy atom. The van der Waals surface area contributed by atoms with Crippen LogP contribution in [-0.4, -0.2) is 21.2 Å². The number of nitrogens with one attached hydrogen (secondary N) is 3. The molecule has 1 atom stereocenters. The van der Waals surface area contributed by atoms with Crippen LogP contribution in [0.3, 0.4) is 0 Å². The van der Waals surface area contributed by atoms with Crippen molar-refractivity contribution in [2.45, 2.75) is 19.5 Å². The minimum absolute atomic E-state index is 0.0604. The molecule has 3 N–H and O–H groups in total. The fourth-order valence-electron chi connectivity index (χ4n) is 1.54. The van der Waals surface area contributed by atoms with Gasteiger partial charge in [-0.3, -0.25) is 10.1 Å². The van der Waals surface area contributed by atoms with Crippen LogP contribution in [0.25, 0.3) is 0 Å². The average Bonchev–Trinajstić information content (AvgIpc) is 2.90. The zero-order chi connectivity index (χ0) is 12.8. The van der Waals surface area contributed by atoms with E-state index in [1.165, 1.54) is 0 Å². The normalized spacial score (nSPS) is 11.8. The van der Waals surface area contributed by atoms with Crippen molar-refractivity contribution < 1.29 is 4.79 Å². The van der Waals surface area contributed by atoms with E-state index in [-0.39, 0.29) is 12.1 Å². The Morgan fingerprint density at radius 1 is 1.33 bits per heavy atom. The summed E-state index contributed by atoms with van der Waals surface area (Å²) >= 11 is 0. The molecule has 0 radical (unpaired) electrons. The van der Waals surface area contributed by atoms with Crippen LogP contribution in [-0.2, 0) is 6.54 Å². The summed E-state index contributed by atoms with van der Waals surface area (Å²) in [6.07, 6.45) is 5.06. The number of aromatic amines is 1. The molecule has 2 amide bonds. The third-order valence-electron chi connectivity index (χ3n) is 2.55. The number of nitrogens with zero attached hydrogens (tertiary/aromatic N) is 2. The number of rotatable bonds is 4. The first kappa shape index (κ1) is 12.1. The van der Waals surface area contributed by atoms with Gasteiger partial charge in [-0.2, -0.15) is 5.10 Å². The Hall–Kier alpha value is -2.37. The molecule has 0 spiro atoms. The topological polar surface area (TPSA) is 82.7 Å². The Kier molecular flexibility index (Phi) is 3.90. The molecule has 0 aromatic carbocycles. The summed E-state index contributed by atoms with van der Waals surface area (Å²) in [7, 11) is 0. The SMILES string of the molecule is C[C@H](NC(=O)NCc1ccn[nH]1)c1ccncc1. The van der Waals surface area contributed by atoms with E-state index >= 15 is 0 Å². The van der Waals surface area contributed by atoms with Gasteiger partial charge in [0, 0.05) is 18.6 Å². The van der Waals surface area contributed by atoms with Crippen LogP contribution in [0.1, 0.15) is 24.2 Å². The van der Waals surface area contributed by atoms with Gasteiger partial charge in [0.2, 0.25) is 0 Å². The summed E-state index contributed by atoms with van der Waals surface area (Å²) in [6.45, 7) is 2.35. The maximum atomic E-state index is 11.6. The molecule has 0 saturated heterocycles. The highest BCUT2D eigenvalue weighted by Crippen LogP contribution is 2.09. The second kappa shape index (κ2) is 5.81. The standard InChI is InChI=1S/C12H15N5O/c1-9(10-2-5-13-6-3-10)16-12(18)14-8-11-4-7-15-17-11/h2-7,9H,8H2,1H3,(H,15,17)(H2,14,16,18)/t9-/m0/s1. The molecule has 0 saturated carbocycles. The first-order valence-electron chi connectivity index (χ1n) is 5.68. The zero-order valence-electron chi connectivity index (χ0n) is 10.1. The molecule has 2 aromatic heterocycles. The van der Waals surface area contributed by atoms with Gasteiger partial charge in [-0.05, 0) is 30.7 Å². The lowest BCUT2D eigenvalue weighted by atomic mass is 10.1. The van der Waals surface area contributed by atoms with Gasteiger partial charge >= 0.3 is 6.03 Å². The van der Waals surface area contributed by atoms with Gasteiger partial charge in [0.05, 0.1) is 18.3 Å². The fraction of sp³-hybridized carbons (Fsp3) is 0.250. The number of carbonyl (C=O) groups is 1. The highest BCUT2D eigenvalue weighted by Gasteiger charge is 2.08. The van der Waals surface area contributed by atoms with Gasteiger partial charge in [-0.25, -0.2) is 4.79 Å². The van der Waals surface area contributed by atoms with E-state index in [9.17, 15) is 4.79 Å². The van der Waals surface area contributed by atoms with E-state index in [0.29, 0.717) is 6.54 Å². The average molecular weight is 245 g/mol. The molecule has 2 rings (SSSR count). The van der Waals surface area contributed by atoms with Crippen LogP contribution in [0.15, 0.2) is 36.8 Å². The van der Waals surface area contributed by atoms with Crippen molar-refractivity contribution >= 4 is 6.03 Å². The number of amides is 2. The van der Waals surface area contributed by atoms with Gasteiger partial charge in [0.25, 0.3) is 0 Å². The van der Waals surface area contributed by atoms with Crippen molar-refractivity contribution in [2.75, 3.05) is 0 Å². The van der Waals surface area contributed by atoms with Gasteiger partial charge in [0.15, 0.2) is 0 Å². The largest absolute Gasteiger partial charge is 0.333 e. The predicted molar refractivity (Wildman–Crippen MR) is 66.6 cm³/mol. The van der Waals surface area contributed by atoms with E-state index in [1.54, 1.807) is 18.6 Å². The molecule has 0 bridgehead atoms. The summed E-state index contributed by atoms with van der Waals surface area (Å²) in [6, 6.07) is 5.29. The number of H-pyrrole nitrogens is 1. The molecule has 2 aromatic rings. The van der Waals surface area contributed by atoms with Crippen molar-refractivity contribution in [3.05, 3.63) is 48.0 Å². The summed E-state index contributed by atoms with van der Waals surface area (Å²) in [5.41, 5.74) is 1.88. The lowest BCUT2D eigenvalue weighted by Crippen LogP contribution is -2.36. The molecule has 94 valence electrons. The van der Waals surface area contributed by atoms with Crippen molar-refractivity contribution in [1.29, 1.82) is 0 Å². The van der Waals surface area contributed by atoms with Crippen LogP contribution in [0, 0.1) is 0 Å². The number of hydrogen-bond donors (Lipinski definition) is 3. The highest BCUT2D eigenvalue weighted by molar-refractivity contribution is 5.74. The Labute approximate surface area is 105 Å². The molecule has 6 heteroatoms. The molecule has 0 unspecified atom stereocenters. The maximum Gasteiger partial charge on any atom is 0.315 e. The van der Waals surface area contributed by atoms with Crippen molar-refractivity contribution in [3.8, 4) is 0 Å². The van der Waals surface area contributed by atoms with Gasteiger partial charge < -0.3 is 10.6 Å². The molecule has 6 nitrogen and oxygen atoms in total. The molecule has 0 aliphatic rings. The zero-order valence-corrected chi connectivity index (χ0v) is 10.1. The molecule has 0 aliphatic carbocycles. The molecule has 0 aliphatic heterocycles. The minimum atomic E-state index is -0.214. The summed E-state index contributed by atoms with van der Waals surface area (Å²) < 4.78 is 0. The van der Waals surface area contributed by atoms with Crippen LogP contribution >= 0.6 is 0 Å². The van der Waals surface area contributed by atoms with E-state index in [1.807, 2.05) is 25.1 Å². The Balaban J connectivity index is 1.80. The van der Waals surface area contributed by atoms with E-state index in [0.717, 1.165) is 11.3 Å². The van der Waals surface area contributed by atoms with Crippen LogP contribution in [0.5, 0.6) is 0 Å². The number of hydrogen-bond acceptors (Lipinski definition) is 3. The predicted octanol–water partition coefficient (Wildman–Crippen LogP) is 1.37. The number of aromatic nitrogens is 3. The second-order valence-electron chi connectivity index (χ2n) is 3.91. The summed E-state index contributed by atoms with van der Waals surface area (Å²) in [5.74, 6) is 0. The molecular formula is C12H15N5O. The second-order valence-corrected chi connectivity index (χ2v) is 3.91. The van der Waals surface area contributed by atoms with Gasteiger partial charge in [-0.15, -0.1) is 0 Å². The number of pyridine rings is 1. The van der Waals surface area contributed by atoms with Gasteiger partial charge in [-0.1, -0.05) is 0 Å². The Bertz CT molecular complexity index is 482.